The molecule has 2 aromatic rings. The van der Waals surface area contributed by atoms with Gasteiger partial charge in [-0.05, 0) is 41.8 Å². The van der Waals surface area contributed by atoms with Crippen LogP contribution in [0.3, 0.4) is 0 Å². The van der Waals surface area contributed by atoms with Crippen molar-refractivity contribution in [3.05, 3.63) is 28.7 Å². The molecule has 3 rings (SSSR count). The van der Waals surface area contributed by atoms with Crippen molar-refractivity contribution in [1.29, 1.82) is 0 Å². The molecule has 1 saturated heterocycles. The minimum Gasteiger partial charge on any atom is -0.356 e. The average Bonchev–Trinajstić information content (AvgIpc) is 2.90. The quantitative estimate of drug-likeness (QED) is 0.856. The van der Waals surface area contributed by atoms with Crippen molar-refractivity contribution in [1.82, 2.24) is 20.2 Å². The minimum absolute atomic E-state index is 0.0348. The third-order valence-corrected chi connectivity index (χ3v) is 3.55. The van der Waals surface area contributed by atoms with Crippen molar-refractivity contribution in [3.8, 4) is 11.4 Å². The molecule has 1 aromatic heterocycles. The van der Waals surface area contributed by atoms with Gasteiger partial charge in [0.1, 0.15) is 0 Å². The molecule has 2 heterocycles. The van der Waals surface area contributed by atoms with E-state index in [4.69, 9.17) is 4.74 Å². The van der Waals surface area contributed by atoms with Crippen LogP contribution < -0.4 is 0 Å². The number of hydrogen-bond acceptors (Lipinski definition) is 4. The Bertz CT molecular complexity index is 519. The SMILES string of the molecule is Brc1ccc(-c2nnnn2C2CCCCO2)cc1. The van der Waals surface area contributed by atoms with Crippen LogP contribution in [0.1, 0.15) is 25.5 Å². The lowest BCUT2D eigenvalue weighted by Gasteiger charge is -2.22. The zero-order chi connectivity index (χ0) is 12.4. The van der Waals surface area contributed by atoms with Gasteiger partial charge in [-0.1, -0.05) is 28.1 Å². The van der Waals surface area contributed by atoms with E-state index >= 15 is 0 Å². The lowest BCUT2D eigenvalue weighted by Crippen LogP contribution is -2.20. The van der Waals surface area contributed by atoms with E-state index in [9.17, 15) is 0 Å². The number of ether oxygens (including phenoxy) is 1. The average molecular weight is 309 g/mol. The fraction of sp³-hybridized carbons (Fsp3) is 0.417. The molecule has 1 aromatic carbocycles. The molecular weight excluding hydrogens is 296 g/mol. The van der Waals surface area contributed by atoms with Gasteiger partial charge in [0.2, 0.25) is 0 Å². The van der Waals surface area contributed by atoms with Gasteiger partial charge < -0.3 is 4.74 Å². The highest BCUT2D eigenvalue weighted by Gasteiger charge is 2.21. The molecule has 0 aliphatic carbocycles. The third kappa shape index (κ3) is 2.30. The molecule has 6 heteroatoms. The molecule has 1 unspecified atom stereocenters. The summed E-state index contributed by atoms with van der Waals surface area (Å²) < 4.78 is 8.54. The second-order valence-corrected chi connectivity index (χ2v) is 5.19. The number of hydrogen-bond donors (Lipinski definition) is 0. The first-order chi connectivity index (χ1) is 8.84. The summed E-state index contributed by atoms with van der Waals surface area (Å²) in [5.74, 6) is 0.759. The molecule has 1 aliphatic heterocycles. The van der Waals surface area contributed by atoms with Crippen LogP contribution in [0.2, 0.25) is 0 Å². The fourth-order valence-electron chi connectivity index (χ4n) is 2.09. The third-order valence-electron chi connectivity index (χ3n) is 3.02. The first-order valence-electron chi connectivity index (χ1n) is 6.00. The van der Waals surface area contributed by atoms with Crippen molar-refractivity contribution in [2.24, 2.45) is 0 Å². The van der Waals surface area contributed by atoms with E-state index in [0.717, 1.165) is 41.7 Å². The predicted molar refractivity (Wildman–Crippen MR) is 69.8 cm³/mol. The minimum atomic E-state index is -0.0348. The summed E-state index contributed by atoms with van der Waals surface area (Å²) in [5, 5.41) is 11.9. The molecule has 1 atom stereocenters. The van der Waals surface area contributed by atoms with E-state index < -0.39 is 0 Å². The van der Waals surface area contributed by atoms with Crippen molar-refractivity contribution in [3.63, 3.8) is 0 Å². The molecule has 5 nitrogen and oxygen atoms in total. The highest BCUT2D eigenvalue weighted by molar-refractivity contribution is 9.10. The number of rotatable bonds is 2. The van der Waals surface area contributed by atoms with E-state index in [1.165, 1.54) is 0 Å². The van der Waals surface area contributed by atoms with Gasteiger partial charge in [0.05, 0.1) is 0 Å². The van der Waals surface area contributed by atoms with Gasteiger partial charge in [0.15, 0.2) is 12.1 Å². The first kappa shape index (κ1) is 11.8. The molecule has 0 radical (unpaired) electrons. The molecule has 1 fully saturated rings. The molecule has 0 amide bonds. The van der Waals surface area contributed by atoms with Crippen LogP contribution >= 0.6 is 15.9 Å². The van der Waals surface area contributed by atoms with Crippen molar-refractivity contribution in [2.45, 2.75) is 25.5 Å². The Hall–Kier alpha value is -1.27. The Morgan fingerprint density at radius 3 is 2.78 bits per heavy atom. The van der Waals surface area contributed by atoms with Gasteiger partial charge in [-0.25, -0.2) is 0 Å². The summed E-state index contributed by atoms with van der Waals surface area (Å²) in [7, 11) is 0. The number of benzene rings is 1. The molecule has 0 N–H and O–H groups in total. The van der Waals surface area contributed by atoms with E-state index in [1.54, 1.807) is 4.68 Å². The van der Waals surface area contributed by atoms with Gasteiger partial charge in [-0.3, -0.25) is 0 Å². The molecule has 0 saturated carbocycles. The van der Waals surface area contributed by atoms with Crippen LogP contribution in [-0.4, -0.2) is 26.8 Å². The Balaban J connectivity index is 1.93. The van der Waals surface area contributed by atoms with E-state index in [2.05, 4.69) is 31.5 Å². The Labute approximate surface area is 113 Å². The topological polar surface area (TPSA) is 52.8 Å². The summed E-state index contributed by atoms with van der Waals surface area (Å²) in [6.07, 6.45) is 3.21. The highest BCUT2D eigenvalue weighted by Crippen LogP contribution is 2.26. The molecule has 94 valence electrons. The monoisotopic (exact) mass is 308 g/mol. The maximum atomic E-state index is 5.72. The maximum absolute atomic E-state index is 5.72. The number of halogens is 1. The van der Waals surface area contributed by atoms with Crippen LogP contribution in [0.5, 0.6) is 0 Å². The number of tetrazole rings is 1. The summed E-state index contributed by atoms with van der Waals surface area (Å²) >= 11 is 3.42. The smallest absolute Gasteiger partial charge is 0.184 e. The van der Waals surface area contributed by atoms with Crippen LogP contribution in [0.25, 0.3) is 11.4 Å². The number of aromatic nitrogens is 4. The Morgan fingerprint density at radius 1 is 1.22 bits per heavy atom. The molecular formula is C12H13BrN4O. The first-order valence-corrected chi connectivity index (χ1v) is 6.79. The van der Waals surface area contributed by atoms with Crippen molar-refractivity contribution in [2.75, 3.05) is 6.61 Å². The van der Waals surface area contributed by atoms with Crippen molar-refractivity contribution < 1.29 is 4.74 Å². The predicted octanol–water partition coefficient (Wildman–Crippen LogP) is 2.80. The molecule has 1 aliphatic rings. The zero-order valence-electron chi connectivity index (χ0n) is 9.79. The Morgan fingerprint density at radius 2 is 2.06 bits per heavy atom. The standard InChI is InChI=1S/C12H13BrN4O/c13-10-6-4-9(5-7-10)12-14-15-16-17(12)11-3-1-2-8-18-11/h4-7,11H,1-3,8H2. The number of nitrogens with zero attached hydrogens (tertiary/aromatic N) is 4. The fourth-order valence-corrected chi connectivity index (χ4v) is 2.36. The second-order valence-electron chi connectivity index (χ2n) is 4.28. The highest BCUT2D eigenvalue weighted by atomic mass is 79.9. The molecule has 18 heavy (non-hydrogen) atoms. The summed E-state index contributed by atoms with van der Waals surface area (Å²) in [4.78, 5) is 0. The normalized spacial score (nSPS) is 19.9. The van der Waals surface area contributed by atoms with Crippen LogP contribution in [0.4, 0.5) is 0 Å². The summed E-state index contributed by atoms with van der Waals surface area (Å²) in [5.41, 5.74) is 0.998. The Kier molecular flexibility index (Phi) is 3.38. The van der Waals surface area contributed by atoms with Gasteiger partial charge in [0.25, 0.3) is 0 Å². The van der Waals surface area contributed by atoms with Crippen LogP contribution in [0.15, 0.2) is 28.7 Å². The van der Waals surface area contributed by atoms with Gasteiger partial charge in [-0.2, -0.15) is 4.68 Å². The zero-order valence-corrected chi connectivity index (χ0v) is 11.4. The largest absolute Gasteiger partial charge is 0.356 e. The summed E-state index contributed by atoms with van der Waals surface area (Å²) in [6.45, 7) is 0.782. The van der Waals surface area contributed by atoms with Gasteiger partial charge >= 0.3 is 0 Å². The van der Waals surface area contributed by atoms with Crippen LogP contribution in [0, 0.1) is 0 Å². The van der Waals surface area contributed by atoms with Gasteiger partial charge in [-0.15, -0.1) is 5.10 Å². The van der Waals surface area contributed by atoms with Gasteiger partial charge in [0, 0.05) is 16.6 Å². The lowest BCUT2D eigenvalue weighted by molar-refractivity contribution is -0.0394. The van der Waals surface area contributed by atoms with E-state index in [1.807, 2.05) is 24.3 Å². The van der Waals surface area contributed by atoms with E-state index in [-0.39, 0.29) is 6.23 Å². The van der Waals surface area contributed by atoms with Crippen molar-refractivity contribution >= 4 is 15.9 Å². The molecule has 0 bridgehead atoms. The summed E-state index contributed by atoms with van der Waals surface area (Å²) in [6, 6.07) is 7.95. The van der Waals surface area contributed by atoms with E-state index in [0.29, 0.717) is 0 Å². The second kappa shape index (κ2) is 5.16. The maximum Gasteiger partial charge on any atom is 0.184 e. The molecule has 0 spiro atoms. The lowest BCUT2D eigenvalue weighted by atomic mass is 10.1. The van der Waals surface area contributed by atoms with Crippen LogP contribution in [-0.2, 0) is 4.74 Å².